The molecule has 0 amide bonds. The number of nitrogens with zero attached hydrogens (tertiary/aromatic N) is 3. The molecule has 31 heavy (non-hydrogen) atoms. The molecular formula is C23H35N5O3. The van der Waals surface area contributed by atoms with Crippen molar-refractivity contribution in [2.75, 3.05) is 46.1 Å². The molecular weight excluding hydrogens is 394 g/mol. The maximum Gasteiger partial charge on any atom is 0.257 e. The minimum Gasteiger partial charge on any atom is -0.381 e. The van der Waals surface area contributed by atoms with Crippen LogP contribution in [-0.4, -0.2) is 62.2 Å². The summed E-state index contributed by atoms with van der Waals surface area (Å²) in [5, 5.41) is 10.6. The Morgan fingerprint density at radius 1 is 1.23 bits per heavy atom. The van der Waals surface area contributed by atoms with E-state index in [0.29, 0.717) is 11.8 Å². The van der Waals surface area contributed by atoms with Gasteiger partial charge in [0.15, 0.2) is 11.8 Å². The molecule has 0 spiro atoms. The van der Waals surface area contributed by atoms with Crippen LogP contribution in [0.1, 0.15) is 38.1 Å². The minimum atomic E-state index is 0.567. The fourth-order valence-corrected chi connectivity index (χ4v) is 3.32. The third-order valence-electron chi connectivity index (χ3n) is 5.13. The zero-order valence-corrected chi connectivity index (χ0v) is 18.7. The number of aryl methyl sites for hydroxylation is 1. The number of guanidine groups is 1. The molecule has 1 fully saturated rings. The van der Waals surface area contributed by atoms with Crippen LogP contribution in [-0.2, 0) is 22.3 Å². The molecule has 170 valence electrons. The predicted molar refractivity (Wildman–Crippen MR) is 121 cm³/mol. The van der Waals surface area contributed by atoms with E-state index in [2.05, 4.69) is 44.8 Å². The average Bonchev–Trinajstić information content (AvgIpc) is 3.48. The van der Waals surface area contributed by atoms with Crippen LogP contribution in [0.15, 0.2) is 33.8 Å². The van der Waals surface area contributed by atoms with E-state index in [1.165, 1.54) is 5.56 Å². The summed E-state index contributed by atoms with van der Waals surface area (Å²) in [5.41, 5.74) is 2.19. The summed E-state index contributed by atoms with van der Waals surface area (Å²) in [5.74, 6) is 2.72. The molecule has 0 saturated carbocycles. The fourth-order valence-electron chi connectivity index (χ4n) is 3.32. The molecule has 2 heterocycles. The number of hydrogen-bond donors (Lipinski definition) is 2. The van der Waals surface area contributed by atoms with Crippen molar-refractivity contribution in [3.63, 3.8) is 0 Å². The second-order valence-corrected chi connectivity index (χ2v) is 7.66. The number of aromatic nitrogens is 2. The number of nitrogens with one attached hydrogen (secondary N) is 2. The summed E-state index contributed by atoms with van der Waals surface area (Å²) < 4.78 is 16.4. The lowest BCUT2D eigenvalue weighted by Crippen LogP contribution is -2.38. The summed E-state index contributed by atoms with van der Waals surface area (Å²) in [7, 11) is 0. The number of benzene rings is 1. The van der Waals surface area contributed by atoms with Crippen LogP contribution in [0.3, 0.4) is 0 Å². The lowest BCUT2D eigenvalue weighted by atomic mass is 10.1. The van der Waals surface area contributed by atoms with Crippen molar-refractivity contribution in [1.29, 1.82) is 0 Å². The lowest BCUT2D eigenvalue weighted by molar-refractivity contribution is 0.0893. The van der Waals surface area contributed by atoms with E-state index in [1.54, 1.807) is 0 Å². The maximum absolute atomic E-state index is 5.74. The molecule has 8 heteroatoms. The number of aliphatic imine (C=N–C) groups is 1. The Morgan fingerprint density at radius 3 is 2.81 bits per heavy atom. The van der Waals surface area contributed by atoms with Gasteiger partial charge in [-0.2, -0.15) is 4.98 Å². The van der Waals surface area contributed by atoms with E-state index < -0.39 is 0 Å². The van der Waals surface area contributed by atoms with E-state index in [4.69, 9.17) is 14.0 Å². The molecule has 3 rings (SSSR count). The molecule has 2 aromatic rings. The first-order valence-corrected chi connectivity index (χ1v) is 11.4. The third kappa shape index (κ3) is 7.95. The van der Waals surface area contributed by atoms with E-state index in [9.17, 15) is 0 Å². The van der Waals surface area contributed by atoms with Crippen LogP contribution in [0.2, 0.25) is 0 Å². The molecule has 1 saturated heterocycles. The first-order chi connectivity index (χ1) is 15.3. The van der Waals surface area contributed by atoms with Crippen LogP contribution >= 0.6 is 0 Å². The van der Waals surface area contributed by atoms with Crippen molar-refractivity contribution >= 4 is 5.96 Å². The van der Waals surface area contributed by atoms with Crippen LogP contribution < -0.4 is 10.6 Å². The minimum absolute atomic E-state index is 0.567. The smallest absolute Gasteiger partial charge is 0.257 e. The van der Waals surface area contributed by atoms with Gasteiger partial charge in [-0.25, -0.2) is 0 Å². The van der Waals surface area contributed by atoms with E-state index in [0.717, 1.165) is 89.1 Å². The Labute approximate surface area is 184 Å². The zero-order chi connectivity index (χ0) is 21.7. The number of rotatable bonds is 12. The maximum atomic E-state index is 5.74. The van der Waals surface area contributed by atoms with Crippen molar-refractivity contribution in [1.82, 2.24) is 20.8 Å². The Hall–Kier alpha value is -2.45. The highest BCUT2D eigenvalue weighted by molar-refractivity contribution is 5.79. The van der Waals surface area contributed by atoms with Gasteiger partial charge >= 0.3 is 0 Å². The summed E-state index contributed by atoms with van der Waals surface area (Å²) in [6.07, 6.45) is 3.71. The molecule has 0 aliphatic carbocycles. The van der Waals surface area contributed by atoms with E-state index in [1.807, 2.05) is 19.1 Å². The van der Waals surface area contributed by atoms with Gasteiger partial charge in [-0.1, -0.05) is 24.2 Å². The largest absolute Gasteiger partial charge is 0.381 e. The van der Waals surface area contributed by atoms with Gasteiger partial charge < -0.3 is 24.6 Å². The molecule has 1 unspecified atom stereocenters. The van der Waals surface area contributed by atoms with Crippen LogP contribution in [0.4, 0.5) is 0 Å². The lowest BCUT2D eigenvalue weighted by Gasteiger charge is -2.12. The molecule has 2 N–H and O–H groups in total. The van der Waals surface area contributed by atoms with E-state index in [-0.39, 0.29) is 0 Å². The zero-order valence-electron chi connectivity index (χ0n) is 18.7. The monoisotopic (exact) mass is 429 g/mol. The van der Waals surface area contributed by atoms with Crippen molar-refractivity contribution in [3.8, 4) is 11.5 Å². The van der Waals surface area contributed by atoms with Crippen molar-refractivity contribution in [2.45, 2.75) is 39.5 Å². The molecule has 0 bridgehead atoms. The predicted octanol–water partition coefficient (Wildman–Crippen LogP) is 2.84. The van der Waals surface area contributed by atoms with Crippen molar-refractivity contribution in [2.24, 2.45) is 10.9 Å². The van der Waals surface area contributed by atoms with Crippen LogP contribution in [0.25, 0.3) is 11.5 Å². The van der Waals surface area contributed by atoms with E-state index >= 15 is 0 Å². The van der Waals surface area contributed by atoms with Crippen molar-refractivity contribution < 1.29 is 14.0 Å². The summed E-state index contributed by atoms with van der Waals surface area (Å²) in [6, 6.07) is 8.26. The Bertz CT molecular complexity index is 785. The van der Waals surface area contributed by atoms with Gasteiger partial charge in [0.25, 0.3) is 5.89 Å². The second-order valence-electron chi connectivity index (χ2n) is 7.66. The van der Waals surface area contributed by atoms with Gasteiger partial charge in [0.05, 0.1) is 13.2 Å². The third-order valence-corrected chi connectivity index (χ3v) is 5.13. The SMILES string of the molecule is CCNC(=NCCCOCC1CCOC1)NCCc1ccc(-c2nc(CC)no2)cc1. The Kier molecular flexibility index (Phi) is 9.79. The normalized spacial score (nSPS) is 16.6. The molecule has 8 nitrogen and oxygen atoms in total. The van der Waals surface area contributed by atoms with Gasteiger partial charge in [0.2, 0.25) is 0 Å². The molecule has 1 aromatic carbocycles. The van der Waals surface area contributed by atoms with Crippen LogP contribution in [0, 0.1) is 5.92 Å². The molecule has 0 radical (unpaired) electrons. The summed E-state index contributed by atoms with van der Waals surface area (Å²) in [6.45, 7) is 9.73. The average molecular weight is 430 g/mol. The number of ether oxygens (including phenoxy) is 2. The second kappa shape index (κ2) is 13.1. The molecule has 1 atom stereocenters. The van der Waals surface area contributed by atoms with Gasteiger partial charge in [-0.3, -0.25) is 4.99 Å². The first kappa shape index (κ1) is 23.2. The highest BCUT2D eigenvalue weighted by atomic mass is 16.5. The van der Waals surface area contributed by atoms with Gasteiger partial charge in [0, 0.05) is 50.8 Å². The van der Waals surface area contributed by atoms with Gasteiger partial charge in [0.1, 0.15) is 0 Å². The Morgan fingerprint density at radius 2 is 2.10 bits per heavy atom. The fraction of sp³-hybridized carbons (Fsp3) is 0.609. The molecule has 1 aliphatic rings. The highest BCUT2D eigenvalue weighted by Crippen LogP contribution is 2.18. The standard InChI is InChI=1S/C23H35N5O3/c1-3-21-27-22(31-28-21)20-8-6-18(7-9-20)10-13-26-23(24-4-2)25-12-5-14-29-16-19-11-15-30-17-19/h6-9,19H,3-5,10-17H2,1-2H3,(H2,24,25,26). The summed E-state index contributed by atoms with van der Waals surface area (Å²) in [4.78, 5) is 9.01. The van der Waals surface area contributed by atoms with Crippen LogP contribution in [0.5, 0.6) is 0 Å². The first-order valence-electron chi connectivity index (χ1n) is 11.4. The topological polar surface area (TPSA) is 93.8 Å². The number of hydrogen-bond acceptors (Lipinski definition) is 6. The van der Waals surface area contributed by atoms with Gasteiger partial charge in [-0.15, -0.1) is 0 Å². The quantitative estimate of drug-likeness (QED) is 0.304. The molecule has 1 aliphatic heterocycles. The van der Waals surface area contributed by atoms with Gasteiger partial charge in [-0.05, 0) is 43.9 Å². The molecule has 1 aromatic heterocycles. The highest BCUT2D eigenvalue weighted by Gasteiger charge is 2.15. The Balaban J connectivity index is 1.35. The summed E-state index contributed by atoms with van der Waals surface area (Å²) >= 11 is 0. The van der Waals surface area contributed by atoms with Crippen molar-refractivity contribution in [3.05, 3.63) is 35.7 Å².